The molecule has 0 aromatic heterocycles. The Hall–Kier alpha value is -0.120. The molecule has 0 aliphatic heterocycles. The second kappa shape index (κ2) is 19.9. The van der Waals surface area contributed by atoms with E-state index in [1.165, 1.54) is 77.0 Å². The van der Waals surface area contributed by atoms with Gasteiger partial charge < -0.3 is 10.8 Å². The molecule has 0 bridgehead atoms. The largest absolute Gasteiger partial charge is 0.376 e. The van der Waals surface area contributed by atoms with Gasteiger partial charge in [0.25, 0.3) is 0 Å². The fraction of sp³-hybridized carbons (Fsp3) is 1.00. The van der Waals surface area contributed by atoms with Crippen molar-refractivity contribution >= 4 is 0 Å². The van der Waals surface area contributed by atoms with Crippen LogP contribution in [0.15, 0.2) is 0 Å². The van der Waals surface area contributed by atoms with Crippen LogP contribution in [0.2, 0.25) is 0 Å². The number of hydrogen-bond acceptors (Lipinski definition) is 2. The molecule has 0 spiro atoms. The number of rotatable bonds is 15. The fourth-order valence-electron chi connectivity index (χ4n) is 2.30. The molecule has 0 amide bonds. The second-order valence-electron chi connectivity index (χ2n) is 7.01. The third-order valence-corrected chi connectivity index (χ3v) is 4.21. The zero-order valence-electron chi connectivity index (χ0n) is 16.2. The van der Waals surface area contributed by atoms with Gasteiger partial charge in [0, 0.05) is 0 Å². The molecule has 3 nitrogen and oxygen atoms in total. The molecule has 1 radical (unpaired) electrons. The van der Waals surface area contributed by atoms with Crippen LogP contribution in [0.5, 0.6) is 0 Å². The van der Waals surface area contributed by atoms with Crippen LogP contribution < -0.4 is 5.73 Å². The van der Waals surface area contributed by atoms with Crippen molar-refractivity contribution in [3.8, 4) is 0 Å². The van der Waals surface area contributed by atoms with E-state index in [2.05, 4.69) is 6.92 Å². The molecule has 1 atom stereocenters. The zero-order valence-corrected chi connectivity index (χ0v) is 16.2. The van der Waals surface area contributed by atoms with E-state index in [9.17, 15) is 5.11 Å². The smallest absolute Gasteiger partial charge is 0.110 e. The molecule has 0 saturated heterocycles. The van der Waals surface area contributed by atoms with Gasteiger partial charge in [-0.2, -0.15) is 0 Å². The van der Waals surface area contributed by atoms with Gasteiger partial charge in [-0.1, -0.05) is 97.3 Å². The lowest BCUT2D eigenvalue weighted by molar-refractivity contribution is 0.0632. The Labute approximate surface area is 146 Å². The van der Waals surface area contributed by atoms with Gasteiger partial charge >= 0.3 is 0 Å². The lowest BCUT2D eigenvalue weighted by Gasteiger charge is -2.11. The van der Waals surface area contributed by atoms with Crippen molar-refractivity contribution in [3.63, 3.8) is 0 Å². The average Bonchev–Trinajstić information content (AvgIpc) is 2.52. The van der Waals surface area contributed by atoms with Crippen molar-refractivity contribution in [2.24, 2.45) is 5.73 Å². The molecule has 0 aromatic carbocycles. The van der Waals surface area contributed by atoms with Gasteiger partial charge in [-0.15, -0.1) is 0 Å². The van der Waals surface area contributed by atoms with Gasteiger partial charge in [0.2, 0.25) is 0 Å². The van der Waals surface area contributed by atoms with Gasteiger partial charge in [0.15, 0.2) is 0 Å². The highest BCUT2D eigenvalue weighted by atomic mass is 16.3. The SMILES string of the molecule is CCC(C)(N)O.CCCCCCCCCCCCCCCC[O]. The van der Waals surface area contributed by atoms with Crippen LogP contribution >= 0.6 is 0 Å². The summed E-state index contributed by atoms with van der Waals surface area (Å²) in [6, 6.07) is 0. The van der Waals surface area contributed by atoms with Crippen LogP contribution in [0, 0.1) is 0 Å². The van der Waals surface area contributed by atoms with E-state index in [1.807, 2.05) is 6.92 Å². The summed E-state index contributed by atoms with van der Waals surface area (Å²) in [6.07, 6.45) is 19.5. The second-order valence-corrected chi connectivity index (χ2v) is 7.01. The molecule has 0 aliphatic rings. The van der Waals surface area contributed by atoms with E-state index in [-0.39, 0.29) is 6.61 Å². The minimum absolute atomic E-state index is 0.123. The summed E-state index contributed by atoms with van der Waals surface area (Å²) in [4.78, 5) is 0. The molecular weight excluding hydrogens is 286 g/mol. The molecule has 141 valence electrons. The van der Waals surface area contributed by atoms with Crippen molar-refractivity contribution in [2.45, 2.75) is 123 Å². The molecule has 1 unspecified atom stereocenters. The normalized spacial score (nSPS) is 13.3. The molecule has 0 fully saturated rings. The molecule has 0 aliphatic carbocycles. The highest BCUT2D eigenvalue weighted by Crippen LogP contribution is 2.12. The molecule has 0 rings (SSSR count). The van der Waals surface area contributed by atoms with Crippen LogP contribution in [-0.4, -0.2) is 17.4 Å². The summed E-state index contributed by atoms with van der Waals surface area (Å²) in [5.41, 5.74) is 4.13. The number of unbranched alkanes of at least 4 members (excludes halogenated alkanes) is 13. The Morgan fingerprint density at radius 2 is 0.957 bits per heavy atom. The van der Waals surface area contributed by atoms with Gasteiger partial charge in [0.1, 0.15) is 5.72 Å². The van der Waals surface area contributed by atoms with E-state index in [1.54, 1.807) is 6.92 Å². The van der Waals surface area contributed by atoms with Crippen LogP contribution in [-0.2, 0) is 5.11 Å². The van der Waals surface area contributed by atoms with Gasteiger partial charge in [-0.05, 0) is 19.8 Å². The maximum Gasteiger partial charge on any atom is 0.110 e. The first-order chi connectivity index (χ1) is 11.0. The first-order valence-electron chi connectivity index (χ1n) is 10.1. The summed E-state index contributed by atoms with van der Waals surface area (Å²) >= 11 is 0. The van der Waals surface area contributed by atoms with Crippen LogP contribution in [0.1, 0.15) is 117 Å². The fourth-order valence-corrected chi connectivity index (χ4v) is 2.30. The molecule has 0 saturated carbocycles. The van der Waals surface area contributed by atoms with Gasteiger partial charge in [0.05, 0.1) is 6.61 Å². The molecule has 23 heavy (non-hydrogen) atoms. The Bertz CT molecular complexity index is 188. The molecule has 3 heteroatoms. The summed E-state index contributed by atoms with van der Waals surface area (Å²) in [5, 5.41) is 18.8. The topological polar surface area (TPSA) is 66.2 Å². The first kappa shape index (κ1) is 25.1. The number of nitrogens with two attached hydrogens (primary N) is 1. The zero-order chi connectivity index (χ0) is 17.8. The minimum atomic E-state index is -0.958. The first-order valence-corrected chi connectivity index (χ1v) is 10.1. The standard InChI is InChI=1S/C16H33O.C4H11NO/c1-2-3-4-5-6-7-8-9-10-11-12-13-14-15-16-17;1-3-4(2,5)6/h2-16H2,1H3;6H,3,5H2,1-2H3. The summed E-state index contributed by atoms with van der Waals surface area (Å²) in [6.45, 7) is 5.81. The van der Waals surface area contributed by atoms with E-state index in [0.29, 0.717) is 6.42 Å². The third-order valence-electron chi connectivity index (χ3n) is 4.21. The third kappa shape index (κ3) is 30.3. The number of aliphatic hydroxyl groups is 1. The minimum Gasteiger partial charge on any atom is -0.376 e. The van der Waals surface area contributed by atoms with Crippen LogP contribution in [0.4, 0.5) is 0 Å². The van der Waals surface area contributed by atoms with E-state index in [4.69, 9.17) is 10.8 Å². The Morgan fingerprint density at radius 1 is 0.696 bits per heavy atom. The molecular formula is C20H44NO2. The molecule has 0 heterocycles. The summed E-state index contributed by atoms with van der Waals surface area (Å²) in [5.74, 6) is 0. The Kier molecular flexibility index (Phi) is 21.8. The average molecular weight is 331 g/mol. The van der Waals surface area contributed by atoms with Crippen LogP contribution in [0.3, 0.4) is 0 Å². The van der Waals surface area contributed by atoms with Gasteiger partial charge in [-0.3, -0.25) is 0 Å². The highest BCUT2D eigenvalue weighted by molar-refractivity contribution is 4.56. The van der Waals surface area contributed by atoms with E-state index < -0.39 is 5.72 Å². The van der Waals surface area contributed by atoms with E-state index in [0.717, 1.165) is 12.8 Å². The highest BCUT2D eigenvalue weighted by Gasteiger charge is 2.06. The Balaban J connectivity index is 0. The van der Waals surface area contributed by atoms with Crippen molar-refractivity contribution < 1.29 is 10.2 Å². The Morgan fingerprint density at radius 3 is 1.17 bits per heavy atom. The van der Waals surface area contributed by atoms with Crippen molar-refractivity contribution in [2.75, 3.05) is 6.61 Å². The monoisotopic (exact) mass is 330 g/mol. The maximum absolute atomic E-state index is 10.2. The molecule has 3 N–H and O–H groups in total. The predicted octanol–water partition coefficient (Wildman–Crippen LogP) is 5.96. The summed E-state index contributed by atoms with van der Waals surface area (Å²) in [7, 11) is 0. The molecule has 0 aromatic rings. The quantitative estimate of drug-likeness (QED) is 0.287. The van der Waals surface area contributed by atoms with Crippen molar-refractivity contribution in [1.29, 1.82) is 0 Å². The lowest BCUT2D eigenvalue weighted by atomic mass is 10.0. The number of hydrogen-bond donors (Lipinski definition) is 2. The van der Waals surface area contributed by atoms with E-state index >= 15 is 0 Å². The van der Waals surface area contributed by atoms with Crippen molar-refractivity contribution in [1.82, 2.24) is 0 Å². The maximum atomic E-state index is 10.2. The predicted molar refractivity (Wildman–Crippen MR) is 101 cm³/mol. The van der Waals surface area contributed by atoms with Crippen molar-refractivity contribution in [3.05, 3.63) is 0 Å². The van der Waals surface area contributed by atoms with Gasteiger partial charge in [-0.25, -0.2) is 5.11 Å². The summed E-state index contributed by atoms with van der Waals surface area (Å²) < 4.78 is 0. The van der Waals surface area contributed by atoms with Crippen LogP contribution in [0.25, 0.3) is 0 Å². The lowest BCUT2D eigenvalue weighted by Crippen LogP contribution is -2.34.